The Morgan fingerprint density at radius 2 is 2.14 bits per heavy atom. The summed E-state index contributed by atoms with van der Waals surface area (Å²) in [6, 6.07) is 7.04. The summed E-state index contributed by atoms with van der Waals surface area (Å²) in [5.74, 6) is 1.82. The molecule has 1 saturated heterocycles. The molecule has 0 spiro atoms. The molecule has 6 nitrogen and oxygen atoms in total. The minimum absolute atomic E-state index is 0.0197. The van der Waals surface area contributed by atoms with Crippen LogP contribution in [-0.4, -0.2) is 39.6 Å². The maximum Gasteiger partial charge on any atom is 0.330 e. The molecule has 1 amide bonds. The Morgan fingerprint density at radius 3 is 2.76 bits per heavy atom. The van der Waals surface area contributed by atoms with Crippen molar-refractivity contribution < 1.29 is 4.79 Å². The maximum absolute atomic E-state index is 12.1. The maximum atomic E-state index is 12.1. The summed E-state index contributed by atoms with van der Waals surface area (Å²) in [4.78, 5) is 26.2. The molecule has 1 aromatic carbocycles. The number of amides is 1. The van der Waals surface area contributed by atoms with E-state index in [0.717, 1.165) is 29.4 Å². The number of imidazole rings is 1. The van der Waals surface area contributed by atoms with Gasteiger partial charge in [0.2, 0.25) is 5.91 Å². The number of carbonyl (C=O) groups is 1. The fourth-order valence-corrected chi connectivity index (χ4v) is 3.13. The van der Waals surface area contributed by atoms with E-state index in [1.807, 2.05) is 0 Å². The highest BCUT2D eigenvalue weighted by atomic mass is 32.2. The van der Waals surface area contributed by atoms with E-state index in [0.29, 0.717) is 0 Å². The first-order valence-corrected chi connectivity index (χ1v) is 7.88. The van der Waals surface area contributed by atoms with Crippen LogP contribution < -0.4 is 16.3 Å². The molecule has 1 aliphatic rings. The van der Waals surface area contributed by atoms with Gasteiger partial charge in [0.05, 0.1) is 11.7 Å². The third kappa shape index (κ3) is 3.20. The van der Waals surface area contributed by atoms with E-state index in [2.05, 4.69) is 15.6 Å². The van der Waals surface area contributed by atoms with Gasteiger partial charge in [-0.3, -0.25) is 9.36 Å². The van der Waals surface area contributed by atoms with Crippen LogP contribution in [0.25, 0.3) is 5.69 Å². The Balaban J connectivity index is 1.68. The Morgan fingerprint density at radius 1 is 1.33 bits per heavy atom. The molecule has 3 N–H and O–H groups in total. The highest BCUT2D eigenvalue weighted by Gasteiger charge is 2.20. The molecule has 1 fully saturated rings. The van der Waals surface area contributed by atoms with E-state index in [1.165, 1.54) is 4.57 Å². The topological polar surface area (TPSA) is 78.9 Å². The highest BCUT2D eigenvalue weighted by Crippen LogP contribution is 2.14. The molecular formula is C14H16N4O2S. The summed E-state index contributed by atoms with van der Waals surface area (Å²) < 4.78 is 1.50. The van der Waals surface area contributed by atoms with Crippen LogP contribution in [0.2, 0.25) is 0 Å². The quantitative estimate of drug-likeness (QED) is 0.784. The Labute approximate surface area is 125 Å². The van der Waals surface area contributed by atoms with E-state index in [9.17, 15) is 9.59 Å². The number of hydrogen-bond donors (Lipinski definition) is 3. The second kappa shape index (κ2) is 6.19. The molecule has 21 heavy (non-hydrogen) atoms. The van der Waals surface area contributed by atoms with Crippen molar-refractivity contribution in [2.45, 2.75) is 6.04 Å². The van der Waals surface area contributed by atoms with Crippen LogP contribution in [-0.2, 0) is 4.79 Å². The minimum Gasteiger partial charge on any atom is -0.325 e. The average molecular weight is 304 g/mol. The SMILES string of the molecule is O=C(Nc1ccc(-n2cc[nH]c2=O)cc1)C1CSCCN1. The zero-order valence-corrected chi connectivity index (χ0v) is 12.2. The fourth-order valence-electron chi connectivity index (χ4n) is 2.19. The van der Waals surface area contributed by atoms with Crippen LogP contribution in [0.3, 0.4) is 0 Å². The second-order valence-electron chi connectivity index (χ2n) is 4.75. The zero-order valence-electron chi connectivity index (χ0n) is 11.3. The standard InChI is InChI=1S/C14H16N4O2S/c19-13(12-9-21-8-6-15-12)17-10-1-3-11(4-2-10)18-7-5-16-14(18)20/h1-5,7,12,15H,6,8-9H2,(H,16,20)(H,17,19). The number of aromatic nitrogens is 2. The fraction of sp³-hybridized carbons (Fsp3) is 0.286. The molecule has 0 saturated carbocycles. The predicted molar refractivity (Wildman–Crippen MR) is 84.1 cm³/mol. The molecule has 110 valence electrons. The number of nitrogens with one attached hydrogen (secondary N) is 3. The normalized spacial score (nSPS) is 18.4. The van der Waals surface area contributed by atoms with Crippen molar-refractivity contribution in [2.24, 2.45) is 0 Å². The van der Waals surface area contributed by atoms with E-state index in [1.54, 1.807) is 48.4 Å². The number of benzene rings is 1. The molecule has 1 aliphatic heterocycles. The largest absolute Gasteiger partial charge is 0.330 e. The van der Waals surface area contributed by atoms with Crippen molar-refractivity contribution in [3.63, 3.8) is 0 Å². The van der Waals surface area contributed by atoms with E-state index < -0.39 is 0 Å². The van der Waals surface area contributed by atoms with Gasteiger partial charge in [-0.1, -0.05) is 0 Å². The van der Waals surface area contributed by atoms with Crippen molar-refractivity contribution in [1.29, 1.82) is 0 Å². The average Bonchev–Trinajstić information content (AvgIpc) is 2.95. The molecule has 0 aliphatic carbocycles. The van der Waals surface area contributed by atoms with Gasteiger partial charge in [-0.2, -0.15) is 11.8 Å². The van der Waals surface area contributed by atoms with Gasteiger partial charge < -0.3 is 15.6 Å². The number of aromatic amines is 1. The van der Waals surface area contributed by atoms with Crippen LogP contribution in [0.15, 0.2) is 41.5 Å². The van der Waals surface area contributed by atoms with Crippen molar-refractivity contribution in [1.82, 2.24) is 14.9 Å². The second-order valence-corrected chi connectivity index (χ2v) is 5.90. The number of nitrogens with zero attached hydrogens (tertiary/aromatic N) is 1. The van der Waals surface area contributed by atoms with Gasteiger partial charge in [-0.15, -0.1) is 0 Å². The molecule has 3 rings (SSSR count). The Hall–Kier alpha value is -1.99. The Bertz CT molecular complexity index is 671. The number of H-pyrrole nitrogens is 1. The van der Waals surface area contributed by atoms with Gasteiger partial charge >= 0.3 is 5.69 Å². The minimum atomic E-state index is -0.185. The van der Waals surface area contributed by atoms with Gasteiger partial charge in [0, 0.05) is 36.1 Å². The lowest BCUT2D eigenvalue weighted by Crippen LogP contribution is -2.46. The van der Waals surface area contributed by atoms with Crippen LogP contribution in [0.4, 0.5) is 5.69 Å². The molecule has 0 radical (unpaired) electrons. The zero-order chi connectivity index (χ0) is 14.7. The first-order chi connectivity index (χ1) is 10.2. The highest BCUT2D eigenvalue weighted by molar-refractivity contribution is 7.99. The first-order valence-electron chi connectivity index (χ1n) is 6.72. The molecular weight excluding hydrogens is 288 g/mol. The number of carbonyl (C=O) groups excluding carboxylic acids is 1. The number of rotatable bonds is 3. The van der Waals surface area contributed by atoms with Gasteiger partial charge in [0.25, 0.3) is 0 Å². The van der Waals surface area contributed by atoms with Crippen molar-refractivity contribution in [3.05, 3.63) is 47.1 Å². The van der Waals surface area contributed by atoms with Gasteiger partial charge in [0.1, 0.15) is 0 Å². The monoisotopic (exact) mass is 304 g/mol. The van der Waals surface area contributed by atoms with Crippen molar-refractivity contribution >= 4 is 23.4 Å². The van der Waals surface area contributed by atoms with Gasteiger partial charge in [-0.05, 0) is 24.3 Å². The van der Waals surface area contributed by atoms with Crippen molar-refractivity contribution in [2.75, 3.05) is 23.4 Å². The summed E-state index contributed by atoms with van der Waals surface area (Å²) in [5.41, 5.74) is 1.30. The lowest BCUT2D eigenvalue weighted by atomic mass is 10.2. The van der Waals surface area contributed by atoms with E-state index in [-0.39, 0.29) is 17.6 Å². The van der Waals surface area contributed by atoms with Crippen LogP contribution >= 0.6 is 11.8 Å². The summed E-state index contributed by atoms with van der Waals surface area (Å²) in [6.45, 7) is 0.859. The van der Waals surface area contributed by atoms with Crippen LogP contribution in [0.5, 0.6) is 0 Å². The summed E-state index contributed by atoms with van der Waals surface area (Å²) >= 11 is 1.78. The lowest BCUT2D eigenvalue weighted by molar-refractivity contribution is -0.117. The van der Waals surface area contributed by atoms with Gasteiger partial charge in [0.15, 0.2) is 0 Å². The summed E-state index contributed by atoms with van der Waals surface area (Å²) in [7, 11) is 0. The third-order valence-corrected chi connectivity index (χ3v) is 4.36. The number of hydrogen-bond acceptors (Lipinski definition) is 4. The number of anilines is 1. The molecule has 2 heterocycles. The lowest BCUT2D eigenvalue weighted by Gasteiger charge is -2.22. The first kappa shape index (κ1) is 14.0. The van der Waals surface area contributed by atoms with Crippen LogP contribution in [0.1, 0.15) is 0 Å². The van der Waals surface area contributed by atoms with Gasteiger partial charge in [-0.25, -0.2) is 4.79 Å². The Kier molecular flexibility index (Phi) is 4.12. The van der Waals surface area contributed by atoms with E-state index in [4.69, 9.17) is 0 Å². The molecule has 7 heteroatoms. The molecule has 0 bridgehead atoms. The third-order valence-electron chi connectivity index (χ3n) is 3.30. The molecule has 2 aromatic rings. The van der Waals surface area contributed by atoms with E-state index >= 15 is 0 Å². The summed E-state index contributed by atoms with van der Waals surface area (Å²) in [6.07, 6.45) is 3.25. The van der Waals surface area contributed by atoms with Crippen molar-refractivity contribution in [3.8, 4) is 5.69 Å². The number of thioether (sulfide) groups is 1. The summed E-state index contributed by atoms with van der Waals surface area (Å²) in [5, 5.41) is 6.09. The predicted octanol–water partition coefficient (Wildman–Crippen LogP) is 0.809. The smallest absolute Gasteiger partial charge is 0.325 e. The molecule has 1 atom stereocenters. The molecule has 1 aromatic heterocycles. The molecule has 1 unspecified atom stereocenters. The van der Waals surface area contributed by atoms with Crippen LogP contribution in [0, 0.1) is 0 Å².